The normalized spacial score (nSPS) is 13.5. The summed E-state index contributed by atoms with van der Waals surface area (Å²) in [4.78, 5) is 27.9. The van der Waals surface area contributed by atoms with E-state index in [0.717, 1.165) is 17.8 Å². The smallest absolute Gasteiger partial charge is 0.288 e. The van der Waals surface area contributed by atoms with E-state index in [1.165, 1.54) is 11.0 Å². The molecular formula is C15H13FN4O3. The molecule has 8 heteroatoms. The van der Waals surface area contributed by atoms with Crippen molar-refractivity contribution in [3.8, 4) is 0 Å². The average Bonchev–Trinajstić information content (AvgIpc) is 2.54. The first-order valence-corrected chi connectivity index (χ1v) is 6.93. The predicted molar refractivity (Wildman–Crippen MR) is 80.1 cm³/mol. The molecule has 0 atom stereocenters. The second-order valence-electron chi connectivity index (χ2n) is 5.24. The van der Waals surface area contributed by atoms with Gasteiger partial charge in [-0.3, -0.25) is 14.9 Å². The highest BCUT2D eigenvalue weighted by atomic mass is 19.1. The number of nitrogen functional groups attached to an aromatic ring is 1. The number of rotatable bonds is 2. The molecule has 0 fully saturated rings. The van der Waals surface area contributed by atoms with E-state index in [1.807, 2.05) is 6.07 Å². The lowest BCUT2D eigenvalue weighted by atomic mass is 9.98. The van der Waals surface area contributed by atoms with Gasteiger partial charge in [-0.15, -0.1) is 0 Å². The Kier molecular flexibility index (Phi) is 3.65. The van der Waals surface area contributed by atoms with E-state index in [1.54, 1.807) is 6.07 Å². The summed E-state index contributed by atoms with van der Waals surface area (Å²) in [6.45, 7) is 0.486. The van der Waals surface area contributed by atoms with Gasteiger partial charge in [0.05, 0.1) is 10.5 Å². The molecule has 0 spiro atoms. The van der Waals surface area contributed by atoms with E-state index in [0.29, 0.717) is 18.5 Å². The topological polar surface area (TPSA) is 102 Å². The number of nitro groups is 1. The van der Waals surface area contributed by atoms with E-state index in [4.69, 9.17) is 5.73 Å². The number of amides is 1. The van der Waals surface area contributed by atoms with Gasteiger partial charge in [0.25, 0.3) is 11.6 Å². The van der Waals surface area contributed by atoms with Crippen LogP contribution in [0, 0.1) is 15.9 Å². The number of aromatic nitrogens is 1. The number of carbonyl (C=O) groups is 1. The van der Waals surface area contributed by atoms with Gasteiger partial charge in [-0.05, 0) is 18.1 Å². The molecule has 1 aromatic heterocycles. The van der Waals surface area contributed by atoms with Crippen molar-refractivity contribution in [2.24, 2.45) is 0 Å². The van der Waals surface area contributed by atoms with Crippen molar-refractivity contribution in [3.63, 3.8) is 0 Å². The van der Waals surface area contributed by atoms with Gasteiger partial charge in [0, 0.05) is 24.7 Å². The Morgan fingerprint density at radius 2 is 2.22 bits per heavy atom. The first-order valence-electron chi connectivity index (χ1n) is 6.93. The molecule has 1 aliphatic rings. The maximum absolute atomic E-state index is 13.9. The Morgan fingerprint density at radius 3 is 2.96 bits per heavy atom. The van der Waals surface area contributed by atoms with Crippen LogP contribution in [0.4, 0.5) is 15.9 Å². The van der Waals surface area contributed by atoms with E-state index < -0.39 is 10.8 Å². The first-order chi connectivity index (χ1) is 11.0. The fourth-order valence-electron chi connectivity index (χ4n) is 2.62. The van der Waals surface area contributed by atoms with Crippen LogP contribution >= 0.6 is 0 Å². The van der Waals surface area contributed by atoms with Crippen LogP contribution in [0.2, 0.25) is 0 Å². The monoisotopic (exact) mass is 316 g/mol. The van der Waals surface area contributed by atoms with Gasteiger partial charge in [-0.1, -0.05) is 12.1 Å². The van der Waals surface area contributed by atoms with Gasteiger partial charge in [0.2, 0.25) is 0 Å². The Labute approximate surface area is 130 Å². The minimum Gasteiger partial charge on any atom is -0.383 e. The number of hydrogen-bond donors (Lipinski definition) is 1. The molecule has 2 N–H and O–H groups in total. The maximum Gasteiger partial charge on any atom is 0.288 e. The van der Waals surface area contributed by atoms with E-state index >= 15 is 0 Å². The summed E-state index contributed by atoms with van der Waals surface area (Å²) in [5.41, 5.74) is 6.63. The van der Waals surface area contributed by atoms with Crippen molar-refractivity contribution in [2.75, 3.05) is 12.3 Å². The van der Waals surface area contributed by atoms with Crippen molar-refractivity contribution in [3.05, 3.63) is 63.1 Å². The second-order valence-corrected chi connectivity index (χ2v) is 5.24. The molecule has 1 amide bonds. The SMILES string of the molecule is Nc1ncc([N+](=O)[O-])cc1C(=O)N1CCc2cccc(F)c2C1. The molecule has 0 bridgehead atoms. The van der Waals surface area contributed by atoms with Gasteiger partial charge in [-0.2, -0.15) is 0 Å². The Hall–Kier alpha value is -3.03. The number of hydrogen-bond acceptors (Lipinski definition) is 5. The molecule has 2 heterocycles. The summed E-state index contributed by atoms with van der Waals surface area (Å²) < 4.78 is 13.9. The van der Waals surface area contributed by atoms with Crippen LogP contribution in [-0.4, -0.2) is 27.3 Å². The molecule has 23 heavy (non-hydrogen) atoms. The summed E-state index contributed by atoms with van der Waals surface area (Å²) in [6.07, 6.45) is 1.51. The van der Waals surface area contributed by atoms with Crippen LogP contribution in [0.25, 0.3) is 0 Å². The van der Waals surface area contributed by atoms with Crippen LogP contribution in [0.15, 0.2) is 30.5 Å². The number of nitrogens with two attached hydrogens (primary N) is 1. The quantitative estimate of drug-likeness (QED) is 0.673. The van der Waals surface area contributed by atoms with Crippen LogP contribution in [-0.2, 0) is 13.0 Å². The molecule has 1 aromatic carbocycles. The minimum atomic E-state index is -0.644. The third kappa shape index (κ3) is 2.70. The summed E-state index contributed by atoms with van der Waals surface area (Å²) in [5.74, 6) is -0.947. The summed E-state index contributed by atoms with van der Waals surface area (Å²) in [7, 11) is 0. The van der Waals surface area contributed by atoms with Crippen molar-refractivity contribution in [1.29, 1.82) is 0 Å². The van der Waals surface area contributed by atoms with Gasteiger partial charge < -0.3 is 10.6 Å². The third-order valence-corrected chi connectivity index (χ3v) is 3.85. The van der Waals surface area contributed by atoms with Gasteiger partial charge in [0.15, 0.2) is 0 Å². The minimum absolute atomic E-state index is 0.0426. The highest BCUT2D eigenvalue weighted by Crippen LogP contribution is 2.25. The van der Waals surface area contributed by atoms with Gasteiger partial charge in [-0.25, -0.2) is 9.37 Å². The summed E-state index contributed by atoms with van der Waals surface area (Å²) in [6, 6.07) is 5.90. The Bertz CT molecular complexity index is 809. The van der Waals surface area contributed by atoms with E-state index in [-0.39, 0.29) is 29.4 Å². The zero-order valence-corrected chi connectivity index (χ0v) is 12.0. The number of benzene rings is 1. The van der Waals surface area contributed by atoms with Crippen molar-refractivity contribution in [2.45, 2.75) is 13.0 Å². The lowest BCUT2D eigenvalue weighted by molar-refractivity contribution is -0.385. The van der Waals surface area contributed by atoms with Crippen molar-refractivity contribution < 1.29 is 14.1 Å². The number of carbonyl (C=O) groups excluding carboxylic acids is 1. The molecule has 0 radical (unpaired) electrons. The van der Waals surface area contributed by atoms with E-state index in [2.05, 4.69) is 4.98 Å². The van der Waals surface area contributed by atoms with Gasteiger partial charge in [0.1, 0.15) is 17.8 Å². The highest BCUT2D eigenvalue weighted by molar-refractivity contribution is 5.99. The van der Waals surface area contributed by atoms with Crippen LogP contribution < -0.4 is 5.73 Å². The third-order valence-electron chi connectivity index (χ3n) is 3.85. The molecule has 7 nitrogen and oxygen atoms in total. The van der Waals surface area contributed by atoms with Crippen LogP contribution in [0.3, 0.4) is 0 Å². The fourth-order valence-corrected chi connectivity index (χ4v) is 2.62. The lowest BCUT2D eigenvalue weighted by Gasteiger charge is -2.29. The molecule has 1 aliphatic heterocycles. The van der Waals surface area contributed by atoms with Crippen LogP contribution in [0.5, 0.6) is 0 Å². The summed E-state index contributed by atoms with van der Waals surface area (Å²) in [5, 5.41) is 10.8. The van der Waals surface area contributed by atoms with Gasteiger partial charge >= 0.3 is 0 Å². The molecule has 0 unspecified atom stereocenters. The Morgan fingerprint density at radius 1 is 1.43 bits per heavy atom. The summed E-state index contributed by atoms with van der Waals surface area (Å²) >= 11 is 0. The number of anilines is 1. The number of nitrogens with zero attached hydrogens (tertiary/aromatic N) is 3. The molecule has 0 aliphatic carbocycles. The molecule has 2 aromatic rings. The Balaban J connectivity index is 1.92. The number of halogens is 1. The average molecular weight is 316 g/mol. The lowest BCUT2D eigenvalue weighted by Crippen LogP contribution is -2.37. The zero-order chi connectivity index (χ0) is 16.6. The number of fused-ring (bicyclic) bond motifs is 1. The predicted octanol–water partition coefficient (Wildman–Crippen LogP) is 1.91. The molecule has 0 saturated carbocycles. The highest BCUT2D eigenvalue weighted by Gasteiger charge is 2.26. The molecule has 118 valence electrons. The van der Waals surface area contributed by atoms with Crippen molar-refractivity contribution in [1.82, 2.24) is 9.88 Å². The molecule has 0 saturated heterocycles. The van der Waals surface area contributed by atoms with Crippen molar-refractivity contribution >= 4 is 17.4 Å². The molecular weight excluding hydrogens is 303 g/mol. The maximum atomic E-state index is 13.9. The van der Waals surface area contributed by atoms with E-state index in [9.17, 15) is 19.3 Å². The van der Waals surface area contributed by atoms with Crippen LogP contribution in [0.1, 0.15) is 21.5 Å². The largest absolute Gasteiger partial charge is 0.383 e. The fraction of sp³-hybridized carbons (Fsp3) is 0.200. The first kappa shape index (κ1) is 14.9. The number of pyridine rings is 1. The zero-order valence-electron chi connectivity index (χ0n) is 12.0. The molecule has 3 rings (SSSR count). The standard InChI is InChI=1S/C15H13FN4O3/c16-13-3-1-2-9-4-5-19(8-12(9)13)15(21)11-6-10(20(22)23)7-18-14(11)17/h1-3,6-7H,4-5,8H2,(H2,17,18). The second kappa shape index (κ2) is 5.64.